The number of rotatable bonds is 12. The quantitative estimate of drug-likeness (QED) is 0.460. The van der Waals surface area contributed by atoms with E-state index in [9.17, 15) is 5.11 Å². The first-order chi connectivity index (χ1) is 15.2. The summed E-state index contributed by atoms with van der Waals surface area (Å²) >= 11 is 0. The van der Waals surface area contributed by atoms with Crippen molar-refractivity contribution in [2.75, 3.05) is 40.4 Å². The maximum absolute atomic E-state index is 12.1. The molecule has 3 atom stereocenters. The van der Waals surface area contributed by atoms with Gasteiger partial charge < -0.3 is 15.2 Å². The molecule has 1 saturated carbocycles. The molecule has 2 N–H and O–H groups in total. The molecule has 1 aromatic carbocycles. The molecule has 2 aliphatic rings. The Morgan fingerprint density at radius 2 is 1.87 bits per heavy atom. The second kappa shape index (κ2) is 12.9. The lowest BCUT2D eigenvalue weighted by Gasteiger charge is -2.46. The molecule has 176 valence electrons. The number of unbranched alkanes of at least 4 members (excludes halogenated alkanes) is 1. The van der Waals surface area contributed by atoms with Crippen LogP contribution < -0.4 is 5.32 Å². The SMILES string of the molecule is CNC[C@H](CC1CCCCC1)N1CCC[C@@H]([C@@](O)(CCCCOC)c2ccccc2)C1. The zero-order chi connectivity index (χ0) is 21.9. The molecule has 0 aromatic heterocycles. The number of hydrogen-bond donors (Lipinski definition) is 2. The van der Waals surface area contributed by atoms with Crippen LogP contribution in [0.25, 0.3) is 0 Å². The first-order valence-corrected chi connectivity index (χ1v) is 12.8. The van der Waals surface area contributed by atoms with Crippen LogP contribution in [0, 0.1) is 11.8 Å². The normalized spacial score (nSPS) is 24.0. The van der Waals surface area contributed by atoms with Crippen LogP contribution in [0.15, 0.2) is 30.3 Å². The second-order valence-electron chi connectivity index (χ2n) is 10.0. The first-order valence-electron chi connectivity index (χ1n) is 12.8. The lowest BCUT2D eigenvalue weighted by Crippen LogP contribution is -2.52. The van der Waals surface area contributed by atoms with Crippen LogP contribution in [0.4, 0.5) is 0 Å². The smallest absolute Gasteiger partial charge is 0.0936 e. The number of methoxy groups -OCH3 is 1. The summed E-state index contributed by atoms with van der Waals surface area (Å²) in [7, 11) is 3.85. The Labute approximate surface area is 190 Å². The number of hydrogen-bond acceptors (Lipinski definition) is 4. The van der Waals surface area contributed by atoms with Gasteiger partial charge in [0.25, 0.3) is 0 Å². The molecule has 4 heteroatoms. The molecule has 1 aliphatic carbocycles. The molecular weight excluding hydrogens is 384 g/mol. The van der Waals surface area contributed by atoms with E-state index in [1.54, 1.807) is 7.11 Å². The van der Waals surface area contributed by atoms with Crippen molar-refractivity contribution in [3.63, 3.8) is 0 Å². The average molecular weight is 431 g/mol. The molecule has 0 spiro atoms. The van der Waals surface area contributed by atoms with Gasteiger partial charge in [0.15, 0.2) is 0 Å². The van der Waals surface area contributed by atoms with Gasteiger partial charge in [-0.2, -0.15) is 0 Å². The number of benzene rings is 1. The Bertz CT molecular complexity index is 605. The molecule has 0 bridgehead atoms. The number of aliphatic hydroxyl groups is 1. The number of ether oxygens (including phenoxy) is 1. The van der Waals surface area contributed by atoms with Crippen LogP contribution in [-0.2, 0) is 10.3 Å². The zero-order valence-corrected chi connectivity index (χ0v) is 20.0. The Morgan fingerprint density at radius 1 is 1.10 bits per heavy atom. The standard InChI is InChI=1S/C27H46N2O2/c1-28-21-26(20-23-12-5-3-6-13-23)29-18-11-16-25(22-29)27(30,17-9-10-19-31-2)24-14-7-4-8-15-24/h4,7-8,14-15,23,25-26,28,30H,3,5-6,9-13,16-22H2,1-2H3/t25-,26+,27-/m1/s1. The van der Waals surface area contributed by atoms with Crippen LogP contribution in [-0.4, -0.2) is 56.4 Å². The summed E-state index contributed by atoms with van der Waals surface area (Å²) in [6, 6.07) is 11.0. The van der Waals surface area contributed by atoms with Crippen molar-refractivity contribution in [2.24, 2.45) is 11.8 Å². The van der Waals surface area contributed by atoms with E-state index in [1.807, 2.05) is 0 Å². The molecule has 4 nitrogen and oxygen atoms in total. The highest BCUT2D eigenvalue weighted by Crippen LogP contribution is 2.40. The first kappa shape index (κ1) is 24.7. The largest absolute Gasteiger partial charge is 0.385 e. The minimum Gasteiger partial charge on any atom is -0.385 e. The lowest BCUT2D eigenvalue weighted by molar-refractivity contribution is -0.0690. The summed E-state index contributed by atoms with van der Waals surface area (Å²) in [5.74, 6) is 1.17. The van der Waals surface area contributed by atoms with Gasteiger partial charge in [-0.3, -0.25) is 4.90 Å². The molecule has 0 amide bonds. The van der Waals surface area contributed by atoms with Crippen molar-refractivity contribution >= 4 is 0 Å². The summed E-state index contributed by atoms with van der Waals surface area (Å²) < 4.78 is 5.26. The number of nitrogens with zero attached hydrogens (tertiary/aromatic N) is 1. The van der Waals surface area contributed by atoms with Crippen molar-refractivity contribution in [2.45, 2.75) is 82.3 Å². The summed E-state index contributed by atoms with van der Waals surface area (Å²) in [4.78, 5) is 2.71. The summed E-state index contributed by atoms with van der Waals surface area (Å²) in [5.41, 5.74) is 0.347. The molecule has 1 aromatic rings. The fourth-order valence-corrected chi connectivity index (χ4v) is 6.08. The van der Waals surface area contributed by atoms with Gasteiger partial charge in [-0.25, -0.2) is 0 Å². The molecule has 1 saturated heterocycles. The van der Waals surface area contributed by atoms with E-state index in [-0.39, 0.29) is 5.92 Å². The van der Waals surface area contributed by atoms with Gasteiger partial charge in [-0.05, 0) is 63.6 Å². The van der Waals surface area contributed by atoms with E-state index >= 15 is 0 Å². The highest BCUT2D eigenvalue weighted by Gasteiger charge is 2.41. The van der Waals surface area contributed by atoms with Crippen LogP contribution in [0.2, 0.25) is 0 Å². The van der Waals surface area contributed by atoms with Crippen molar-refractivity contribution in [3.05, 3.63) is 35.9 Å². The maximum atomic E-state index is 12.1. The third-order valence-corrected chi connectivity index (χ3v) is 7.84. The van der Waals surface area contributed by atoms with Gasteiger partial charge in [0.2, 0.25) is 0 Å². The number of likely N-dealkylation sites (tertiary alicyclic amines) is 1. The van der Waals surface area contributed by atoms with Crippen molar-refractivity contribution in [3.8, 4) is 0 Å². The summed E-state index contributed by atoms with van der Waals surface area (Å²) in [6.07, 6.45) is 13.5. The minimum atomic E-state index is -0.747. The second-order valence-corrected chi connectivity index (χ2v) is 10.0. The molecular formula is C27H46N2O2. The monoisotopic (exact) mass is 430 g/mol. The van der Waals surface area contributed by atoms with Gasteiger partial charge in [0.1, 0.15) is 0 Å². The molecule has 0 radical (unpaired) electrons. The average Bonchev–Trinajstić information content (AvgIpc) is 2.83. The van der Waals surface area contributed by atoms with Gasteiger partial charge in [-0.1, -0.05) is 62.4 Å². The summed E-state index contributed by atoms with van der Waals surface area (Å²) in [6.45, 7) is 4.01. The summed E-state index contributed by atoms with van der Waals surface area (Å²) in [5, 5.41) is 15.5. The third-order valence-electron chi connectivity index (χ3n) is 7.84. The molecule has 1 heterocycles. The maximum Gasteiger partial charge on any atom is 0.0936 e. The molecule has 31 heavy (non-hydrogen) atoms. The minimum absolute atomic E-state index is 0.289. The number of piperidine rings is 1. The van der Waals surface area contributed by atoms with E-state index in [0.717, 1.165) is 56.9 Å². The Morgan fingerprint density at radius 3 is 2.58 bits per heavy atom. The molecule has 1 aliphatic heterocycles. The van der Waals surface area contributed by atoms with Crippen molar-refractivity contribution in [1.82, 2.24) is 10.2 Å². The van der Waals surface area contributed by atoms with Crippen molar-refractivity contribution < 1.29 is 9.84 Å². The Hall–Kier alpha value is -0.940. The van der Waals surface area contributed by atoms with E-state index in [1.165, 1.54) is 51.5 Å². The Kier molecular flexibility index (Phi) is 10.3. The molecule has 3 rings (SSSR count). The number of likely N-dealkylation sites (N-methyl/N-ethyl adjacent to an activating group) is 1. The Balaban J connectivity index is 1.71. The third kappa shape index (κ3) is 7.02. The lowest BCUT2D eigenvalue weighted by atomic mass is 9.73. The van der Waals surface area contributed by atoms with Gasteiger partial charge in [0.05, 0.1) is 5.60 Å². The van der Waals surface area contributed by atoms with Gasteiger partial charge in [-0.15, -0.1) is 0 Å². The van der Waals surface area contributed by atoms with Crippen LogP contribution in [0.1, 0.15) is 76.2 Å². The van der Waals surface area contributed by atoms with Crippen molar-refractivity contribution in [1.29, 1.82) is 0 Å². The van der Waals surface area contributed by atoms with E-state index < -0.39 is 5.60 Å². The van der Waals surface area contributed by atoms with Gasteiger partial charge in [0, 0.05) is 38.8 Å². The van der Waals surface area contributed by atoms with Gasteiger partial charge >= 0.3 is 0 Å². The van der Waals surface area contributed by atoms with Crippen LogP contribution in [0.5, 0.6) is 0 Å². The number of nitrogens with one attached hydrogen (secondary N) is 1. The van der Waals surface area contributed by atoms with Crippen LogP contribution in [0.3, 0.4) is 0 Å². The predicted octanol–water partition coefficient (Wildman–Crippen LogP) is 4.96. The molecule has 2 fully saturated rings. The van der Waals surface area contributed by atoms with E-state index in [0.29, 0.717) is 6.04 Å². The fraction of sp³-hybridized carbons (Fsp3) is 0.778. The van der Waals surface area contributed by atoms with E-state index in [2.05, 4.69) is 47.6 Å². The van der Waals surface area contributed by atoms with Crippen LogP contribution >= 0.6 is 0 Å². The van der Waals surface area contributed by atoms with E-state index in [4.69, 9.17) is 4.74 Å². The molecule has 0 unspecified atom stereocenters. The fourth-order valence-electron chi connectivity index (χ4n) is 6.08. The highest BCUT2D eigenvalue weighted by molar-refractivity contribution is 5.24. The predicted molar refractivity (Wildman–Crippen MR) is 129 cm³/mol. The highest BCUT2D eigenvalue weighted by atomic mass is 16.5. The zero-order valence-electron chi connectivity index (χ0n) is 20.0. The topological polar surface area (TPSA) is 44.7 Å².